The van der Waals surface area contributed by atoms with Crippen molar-refractivity contribution in [1.82, 2.24) is 9.13 Å². The van der Waals surface area contributed by atoms with E-state index in [1.54, 1.807) is 0 Å². The van der Waals surface area contributed by atoms with Gasteiger partial charge in [-0.15, -0.1) is 0 Å². The van der Waals surface area contributed by atoms with Gasteiger partial charge in [0.25, 0.3) is 0 Å². The van der Waals surface area contributed by atoms with E-state index in [1.807, 2.05) is 12.2 Å². The Hall–Kier alpha value is -6.38. The minimum Gasteiger partial charge on any atom is -0.310 e. The Kier molecular flexibility index (Phi) is 9.36. The molecule has 0 aliphatic heterocycles. The molecule has 258 valence electrons. The van der Waals surface area contributed by atoms with Crippen molar-refractivity contribution in [3.05, 3.63) is 204 Å². The zero-order chi connectivity index (χ0) is 36.3. The average Bonchev–Trinajstić information content (AvgIpc) is 3.66. The molecule has 0 bridgehead atoms. The zero-order valence-electron chi connectivity index (χ0n) is 30.8. The number of benzene rings is 6. The summed E-state index contributed by atoms with van der Waals surface area (Å²) in [6, 6.07) is 53.2. The molecule has 0 atom stereocenters. The van der Waals surface area contributed by atoms with Crippen molar-refractivity contribution >= 4 is 34.0 Å². The molecule has 0 aliphatic carbocycles. The molecular weight excluding hydrogens is 641 g/mol. The molecule has 0 saturated heterocycles. The molecule has 6 aromatic carbocycles. The highest BCUT2D eigenvalue weighted by Crippen LogP contribution is 2.33. The summed E-state index contributed by atoms with van der Waals surface area (Å²) in [4.78, 5) is 0. The number of rotatable bonds is 10. The summed E-state index contributed by atoms with van der Waals surface area (Å²) in [5.41, 5.74) is 17.3. The van der Waals surface area contributed by atoms with Gasteiger partial charge in [0.1, 0.15) is 0 Å². The second-order valence-corrected chi connectivity index (χ2v) is 13.8. The largest absolute Gasteiger partial charge is 0.310 e. The number of aromatic nitrogens is 2. The maximum Gasteiger partial charge on any atom is 0.0537 e. The van der Waals surface area contributed by atoms with E-state index in [0.29, 0.717) is 0 Å². The lowest BCUT2D eigenvalue weighted by molar-refractivity contribution is 1.09. The lowest BCUT2D eigenvalue weighted by Gasteiger charge is -2.11. The molecule has 8 rings (SSSR count). The highest BCUT2D eigenvalue weighted by Gasteiger charge is 2.15. The molecule has 8 aromatic rings. The summed E-state index contributed by atoms with van der Waals surface area (Å²) < 4.78 is 4.72. The van der Waals surface area contributed by atoms with Crippen LogP contribution >= 0.6 is 0 Å². The summed E-state index contributed by atoms with van der Waals surface area (Å²) in [6.45, 7) is 10.5. The topological polar surface area (TPSA) is 9.86 Å². The first-order valence-electron chi connectivity index (χ1n) is 18.6. The number of aryl methyl sites for hydroxylation is 2. The Morgan fingerprint density at radius 1 is 0.491 bits per heavy atom. The Labute approximate surface area is 313 Å². The average molecular weight is 685 g/mol. The van der Waals surface area contributed by atoms with Crippen LogP contribution in [0.2, 0.25) is 0 Å². The number of hydrogen-bond acceptors (Lipinski definition) is 0. The van der Waals surface area contributed by atoms with E-state index in [-0.39, 0.29) is 0 Å². The van der Waals surface area contributed by atoms with Gasteiger partial charge in [-0.2, -0.15) is 0 Å². The highest BCUT2D eigenvalue weighted by atomic mass is 15.0. The summed E-state index contributed by atoms with van der Waals surface area (Å²) in [5.74, 6) is 0. The fourth-order valence-electron chi connectivity index (χ4n) is 7.66. The first-order chi connectivity index (χ1) is 26.0. The molecule has 53 heavy (non-hydrogen) atoms. The van der Waals surface area contributed by atoms with Gasteiger partial charge in [-0.1, -0.05) is 141 Å². The molecule has 0 unspecified atom stereocenters. The van der Waals surface area contributed by atoms with Crippen molar-refractivity contribution in [1.29, 1.82) is 0 Å². The van der Waals surface area contributed by atoms with Crippen molar-refractivity contribution in [2.75, 3.05) is 0 Å². The van der Waals surface area contributed by atoms with Crippen molar-refractivity contribution in [2.45, 2.75) is 33.6 Å². The standard InChI is InChI=1S/C51H44N2/c1-5-7-15-48-36(3)46-13-9-11-17-50(46)52(48)44-31-27-42(28-32-44)40-23-19-38(20-24-40)35-39-21-25-41(26-22-39)43-29-33-45(34-30-43)53-49(16-8-6-2)37(4)47-14-10-12-18-51(47)53/h5,7-34H,1,6,35H2,2-4H3/b15-7-,16-8-. The van der Waals surface area contributed by atoms with Gasteiger partial charge in [0, 0.05) is 33.5 Å². The molecule has 0 radical (unpaired) electrons. The van der Waals surface area contributed by atoms with Crippen LogP contribution in [0, 0.1) is 13.8 Å². The zero-order valence-corrected chi connectivity index (χ0v) is 30.8. The molecular formula is C51H44N2. The molecule has 0 saturated carbocycles. The van der Waals surface area contributed by atoms with Crippen molar-refractivity contribution < 1.29 is 0 Å². The predicted octanol–water partition coefficient (Wildman–Crippen LogP) is 13.7. The first kappa shape index (κ1) is 33.7. The van der Waals surface area contributed by atoms with E-state index in [9.17, 15) is 0 Å². The van der Waals surface area contributed by atoms with Crippen molar-refractivity contribution in [3.8, 4) is 33.6 Å². The third kappa shape index (κ3) is 6.49. The minimum atomic E-state index is 0.896. The normalized spacial score (nSPS) is 11.8. The SMILES string of the molecule is C=C/C=C\c1c(C)c2ccccc2n1-c1ccc(-c2ccc(Cc3ccc(-c4ccc(-n5c(/C=C\CC)c(C)c6ccccc65)cc4)cc3)cc2)cc1. The predicted molar refractivity (Wildman–Crippen MR) is 228 cm³/mol. The third-order valence-electron chi connectivity index (χ3n) is 10.5. The summed E-state index contributed by atoms with van der Waals surface area (Å²) >= 11 is 0. The summed E-state index contributed by atoms with van der Waals surface area (Å²) in [7, 11) is 0. The van der Waals surface area contributed by atoms with E-state index in [0.717, 1.165) is 18.5 Å². The number of allylic oxidation sites excluding steroid dienone is 3. The van der Waals surface area contributed by atoms with Gasteiger partial charge in [-0.3, -0.25) is 0 Å². The number of hydrogen-bond donors (Lipinski definition) is 0. The second-order valence-electron chi connectivity index (χ2n) is 13.8. The third-order valence-corrected chi connectivity index (χ3v) is 10.5. The second kappa shape index (κ2) is 14.7. The van der Waals surface area contributed by atoms with E-state index in [4.69, 9.17) is 0 Å². The number of fused-ring (bicyclic) bond motifs is 2. The van der Waals surface area contributed by atoms with Crippen LogP contribution in [0.3, 0.4) is 0 Å². The monoisotopic (exact) mass is 684 g/mol. The summed E-state index contributed by atoms with van der Waals surface area (Å²) in [5, 5.41) is 2.57. The van der Waals surface area contributed by atoms with Crippen LogP contribution < -0.4 is 0 Å². The highest BCUT2D eigenvalue weighted by molar-refractivity contribution is 5.91. The number of nitrogens with zero attached hydrogens (tertiary/aromatic N) is 2. The minimum absolute atomic E-state index is 0.896. The van der Waals surface area contributed by atoms with Crippen LogP contribution in [0.25, 0.3) is 67.6 Å². The van der Waals surface area contributed by atoms with Crippen LogP contribution in [0.5, 0.6) is 0 Å². The molecule has 0 aliphatic rings. The lowest BCUT2D eigenvalue weighted by atomic mass is 9.98. The van der Waals surface area contributed by atoms with E-state index in [1.165, 1.54) is 83.4 Å². The molecule has 2 heteroatoms. The van der Waals surface area contributed by atoms with Crippen LogP contribution in [0.1, 0.15) is 47.0 Å². The molecule has 2 nitrogen and oxygen atoms in total. The molecule has 0 amide bonds. The molecule has 2 aromatic heterocycles. The Morgan fingerprint density at radius 2 is 0.887 bits per heavy atom. The van der Waals surface area contributed by atoms with Gasteiger partial charge in [0.2, 0.25) is 0 Å². The van der Waals surface area contributed by atoms with E-state index >= 15 is 0 Å². The van der Waals surface area contributed by atoms with Crippen molar-refractivity contribution in [2.24, 2.45) is 0 Å². The van der Waals surface area contributed by atoms with Crippen LogP contribution in [-0.4, -0.2) is 9.13 Å². The smallest absolute Gasteiger partial charge is 0.0537 e. The van der Waals surface area contributed by atoms with Crippen molar-refractivity contribution in [3.63, 3.8) is 0 Å². The lowest BCUT2D eigenvalue weighted by Crippen LogP contribution is -1.97. The van der Waals surface area contributed by atoms with Gasteiger partial charge in [0.15, 0.2) is 0 Å². The van der Waals surface area contributed by atoms with Gasteiger partial charge >= 0.3 is 0 Å². The maximum atomic E-state index is 3.88. The van der Waals surface area contributed by atoms with Gasteiger partial charge in [0.05, 0.1) is 11.0 Å². The molecule has 0 spiro atoms. The maximum absolute atomic E-state index is 3.88. The van der Waals surface area contributed by atoms with Gasteiger partial charge < -0.3 is 9.13 Å². The molecule has 0 fully saturated rings. The first-order valence-corrected chi connectivity index (χ1v) is 18.6. The Bertz CT molecular complexity index is 2610. The van der Waals surface area contributed by atoms with E-state index < -0.39 is 0 Å². The summed E-state index contributed by atoms with van der Waals surface area (Å²) in [6.07, 6.45) is 12.4. The molecule has 0 N–H and O–H groups in total. The fourth-order valence-corrected chi connectivity index (χ4v) is 7.66. The molecule has 2 heterocycles. The van der Waals surface area contributed by atoms with Crippen LogP contribution in [-0.2, 0) is 6.42 Å². The van der Waals surface area contributed by atoms with Gasteiger partial charge in [-0.25, -0.2) is 0 Å². The van der Waals surface area contributed by atoms with Crippen LogP contribution in [0.4, 0.5) is 0 Å². The number of para-hydroxylation sites is 2. The fraction of sp³-hybridized carbons (Fsp3) is 0.0980. The Morgan fingerprint density at radius 3 is 1.30 bits per heavy atom. The van der Waals surface area contributed by atoms with E-state index in [2.05, 4.69) is 200 Å². The van der Waals surface area contributed by atoms with Gasteiger partial charge in [-0.05, 0) is 120 Å². The van der Waals surface area contributed by atoms with Crippen LogP contribution in [0.15, 0.2) is 170 Å². The Balaban J connectivity index is 0.971. The quantitative estimate of drug-likeness (QED) is 0.127.